The van der Waals surface area contributed by atoms with E-state index in [4.69, 9.17) is 4.74 Å². The molecule has 1 atom stereocenters. The van der Waals surface area contributed by atoms with E-state index in [0.29, 0.717) is 13.2 Å². The number of allylic oxidation sites excluding steroid dienone is 1. The lowest BCUT2D eigenvalue weighted by atomic mass is 10.3. The topological polar surface area (TPSA) is 29.5 Å². The van der Waals surface area contributed by atoms with E-state index in [1.807, 2.05) is 28.1 Å². The molecular formula is C9H20NO2+. The lowest BCUT2D eigenvalue weighted by Gasteiger charge is -2.26. The highest BCUT2D eigenvalue weighted by molar-refractivity contribution is 4.66. The highest BCUT2D eigenvalue weighted by Gasteiger charge is 2.14. The SMILES string of the molecule is CC=COCC(O)C[N+](C)(C)C. The normalized spacial score (nSPS) is 15.1. The van der Waals surface area contributed by atoms with Gasteiger partial charge in [-0.15, -0.1) is 0 Å². The third-order valence-corrected chi connectivity index (χ3v) is 1.28. The van der Waals surface area contributed by atoms with E-state index in [1.54, 1.807) is 12.3 Å². The third-order valence-electron chi connectivity index (χ3n) is 1.28. The largest absolute Gasteiger partial charge is 0.499 e. The van der Waals surface area contributed by atoms with Crippen molar-refractivity contribution in [1.29, 1.82) is 0 Å². The number of aliphatic hydroxyl groups excluding tert-OH is 1. The van der Waals surface area contributed by atoms with Crippen LogP contribution in [0.2, 0.25) is 0 Å². The van der Waals surface area contributed by atoms with E-state index in [1.165, 1.54) is 0 Å². The van der Waals surface area contributed by atoms with Crippen LogP contribution in [0.1, 0.15) is 6.92 Å². The van der Waals surface area contributed by atoms with Gasteiger partial charge >= 0.3 is 0 Å². The molecule has 0 fully saturated rings. The van der Waals surface area contributed by atoms with Crippen LogP contribution in [-0.2, 0) is 4.74 Å². The Morgan fingerprint density at radius 2 is 2.00 bits per heavy atom. The summed E-state index contributed by atoms with van der Waals surface area (Å²) in [5.74, 6) is 0. The zero-order valence-electron chi connectivity index (χ0n) is 8.45. The van der Waals surface area contributed by atoms with Crippen LogP contribution in [0.25, 0.3) is 0 Å². The van der Waals surface area contributed by atoms with E-state index in [2.05, 4.69) is 0 Å². The molecule has 0 rings (SSSR count). The van der Waals surface area contributed by atoms with E-state index in [0.717, 1.165) is 4.48 Å². The van der Waals surface area contributed by atoms with Gasteiger partial charge in [0.1, 0.15) is 19.3 Å². The molecule has 3 nitrogen and oxygen atoms in total. The van der Waals surface area contributed by atoms with Crippen molar-refractivity contribution >= 4 is 0 Å². The van der Waals surface area contributed by atoms with Crippen molar-refractivity contribution in [2.24, 2.45) is 0 Å². The summed E-state index contributed by atoms with van der Waals surface area (Å²) in [5.41, 5.74) is 0. The first kappa shape index (κ1) is 11.5. The Labute approximate surface area is 74.8 Å². The second-order valence-corrected chi connectivity index (χ2v) is 3.93. The monoisotopic (exact) mass is 174 g/mol. The summed E-state index contributed by atoms with van der Waals surface area (Å²) < 4.78 is 5.80. The first-order valence-electron chi connectivity index (χ1n) is 4.17. The molecule has 0 radical (unpaired) electrons. The molecule has 0 saturated carbocycles. The van der Waals surface area contributed by atoms with Crippen LogP contribution < -0.4 is 0 Å². The lowest BCUT2D eigenvalue weighted by molar-refractivity contribution is -0.873. The number of hydrogen-bond donors (Lipinski definition) is 1. The number of hydrogen-bond acceptors (Lipinski definition) is 2. The second kappa shape index (κ2) is 5.17. The highest BCUT2D eigenvalue weighted by atomic mass is 16.5. The van der Waals surface area contributed by atoms with E-state index in [9.17, 15) is 5.11 Å². The van der Waals surface area contributed by atoms with Gasteiger partial charge in [0.15, 0.2) is 0 Å². The van der Waals surface area contributed by atoms with E-state index in [-0.39, 0.29) is 6.10 Å². The Balaban J connectivity index is 3.53. The zero-order chi connectivity index (χ0) is 9.61. The van der Waals surface area contributed by atoms with Gasteiger partial charge in [0.25, 0.3) is 0 Å². The number of rotatable bonds is 5. The fourth-order valence-corrected chi connectivity index (χ4v) is 0.948. The maximum atomic E-state index is 9.44. The van der Waals surface area contributed by atoms with Crippen LogP contribution in [0.5, 0.6) is 0 Å². The van der Waals surface area contributed by atoms with Gasteiger partial charge in [0, 0.05) is 0 Å². The molecule has 0 aromatic heterocycles. The van der Waals surface area contributed by atoms with Crippen molar-refractivity contribution in [1.82, 2.24) is 0 Å². The minimum atomic E-state index is -0.388. The molecule has 0 bridgehead atoms. The average molecular weight is 174 g/mol. The van der Waals surface area contributed by atoms with Crippen LogP contribution >= 0.6 is 0 Å². The predicted molar refractivity (Wildman–Crippen MR) is 49.7 cm³/mol. The molecule has 0 spiro atoms. The number of ether oxygens (including phenoxy) is 1. The molecule has 0 amide bonds. The van der Waals surface area contributed by atoms with Crippen LogP contribution in [0.15, 0.2) is 12.3 Å². The van der Waals surface area contributed by atoms with Crippen LogP contribution in [0.3, 0.4) is 0 Å². The van der Waals surface area contributed by atoms with E-state index < -0.39 is 0 Å². The Morgan fingerprint density at radius 3 is 2.42 bits per heavy atom. The van der Waals surface area contributed by atoms with Crippen LogP contribution in [0, 0.1) is 0 Å². The summed E-state index contributed by atoms with van der Waals surface area (Å²) in [6, 6.07) is 0. The molecule has 0 aliphatic heterocycles. The Hall–Kier alpha value is -0.540. The fourth-order valence-electron chi connectivity index (χ4n) is 0.948. The molecule has 0 aliphatic carbocycles. The van der Waals surface area contributed by atoms with Crippen LogP contribution in [-0.4, -0.2) is 50.0 Å². The standard InChI is InChI=1S/C9H20NO2/c1-5-6-12-8-9(11)7-10(2,3)4/h5-6,9,11H,7-8H2,1-4H3/q+1. The van der Waals surface area contributed by atoms with Crippen molar-refractivity contribution in [2.75, 3.05) is 34.3 Å². The first-order valence-corrected chi connectivity index (χ1v) is 4.17. The Kier molecular flexibility index (Phi) is 4.93. The van der Waals surface area contributed by atoms with Gasteiger partial charge in [-0.3, -0.25) is 0 Å². The van der Waals surface area contributed by atoms with Crippen LogP contribution in [0.4, 0.5) is 0 Å². The van der Waals surface area contributed by atoms with Crippen molar-refractivity contribution < 1.29 is 14.3 Å². The molecule has 0 aromatic rings. The summed E-state index contributed by atoms with van der Waals surface area (Å²) in [5, 5.41) is 9.44. The maximum Gasteiger partial charge on any atom is 0.137 e. The van der Waals surface area contributed by atoms with E-state index >= 15 is 0 Å². The van der Waals surface area contributed by atoms with Crippen molar-refractivity contribution in [2.45, 2.75) is 13.0 Å². The molecular weight excluding hydrogens is 154 g/mol. The van der Waals surface area contributed by atoms with Gasteiger partial charge < -0.3 is 14.3 Å². The Morgan fingerprint density at radius 1 is 1.42 bits per heavy atom. The number of aliphatic hydroxyl groups is 1. The summed E-state index contributed by atoms with van der Waals surface area (Å²) >= 11 is 0. The van der Waals surface area contributed by atoms with Crippen molar-refractivity contribution in [3.8, 4) is 0 Å². The predicted octanol–water partition coefficient (Wildman–Crippen LogP) is 0.604. The molecule has 0 aromatic carbocycles. The Bertz CT molecular complexity index is 138. The number of quaternary nitrogens is 1. The third kappa shape index (κ3) is 7.57. The van der Waals surface area contributed by atoms with Gasteiger partial charge in [-0.1, -0.05) is 6.08 Å². The van der Waals surface area contributed by atoms with Crippen molar-refractivity contribution in [3.63, 3.8) is 0 Å². The molecule has 1 unspecified atom stereocenters. The molecule has 72 valence electrons. The zero-order valence-corrected chi connectivity index (χ0v) is 8.45. The highest BCUT2D eigenvalue weighted by Crippen LogP contribution is 1.95. The molecule has 1 N–H and O–H groups in total. The molecule has 0 aliphatic rings. The average Bonchev–Trinajstić information content (AvgIpc) is 1.84. The molecule has 3 heteroatoms. The van der Waals surface area contributed by atoms with Gasteiger partial charge in [-0.2, -0.15) is 0 Å². The fraction of sp³-hybridized carbons (Fsp3) is 0.778. The summed E-state index contributed by atoms with van der Waals surface area (Å²) in [6.07, 6.45) is 3.01. The molecule has 12 heavy (non-hydrogen) atoms. The van der Waals surface area contributed by atoms with Gasteiger partial charge in [0.05, 0.1) is 27.4 Å². The maximum absolute atomic E-state index is 9.44. The first-order chi connectivity index (χ1) is 5.45. The smallest absolute Gasteiger partial charge is 0.137 e. The van der Waals surface area contributed by atoms with Gasteiger partial charge in [0.2, 0.25) is 0 Å². The summed E-state index contributed by atoms with van der Waals surface area (Å²) in [6.45, 7) is 2.96. The summed E-state index contributed by atoms with van der Waals surface area (Å²) in [4.78, 5) is 0. The quantitative estimate of drug-likeness (QED) is 0.488. The van der Waals surface area contributed by atoms with Crippen molar-refractivity contribution in [3.05, 3.63) is 12.3 Å². The molecule has 0 heterocycles. The molecule has 0 saturated heterocycles. The summed E-state index contributed by atoms with van der Waals surface area (Å²) in [7, 11) is 6.12. The number of likely N-dealkylation sites (N-methyl/N-ethyl adjacent to an activating group) is 1. The minimum Gasteiger partial charge on any atom is -0.499 e. The lowest BCUT2D eigenvalue weighted by Crippen LogP contribution is -2.42. The second-order valence-electron chi connectivity index (χ2n) is 3.93. The minimum absolute atomic E-state index is 0.375. The number of nitrogens with zero attached hydrogens (tertiary/aromatic N) is 1. The van der Waals surface area contributed by atoms with Gasteiger partial charge in [-0.05, 0) is 6.92 Å². The van der Waals surface area contributed by atoms with Gasteiger partial charge in [-0.25, -0.2) is 0 Å².